The van der Waals surface area contributed by atoms with E-state index in [1.165, 1.54) is 20.4 Å². The fourth-order valence-corrected chi connectivity index (χ4v) is 7.41. The lowest BCUT2D eigenvalue weighted by atomic mass is 9.60. The van der Waals surface area contributed by atoms with Gasteiger partial charge in [-0.2, -0.15) is 13.8 Å². The number of hydrogen-bond donors (Lipinski definition) is 2. The third-order valence-electron chi connectivity index (χ3n) is 10.0. The number of halogens is 2. The van der Waals surface area contributed by atoms with Crippen LogP contribution in [0, 0.1) is 5.41 Å². The Morgan fingerprint density at radius 1 is 1.08 bits per heavy atom. The van der Waals surface area contributed by atoms with E-state index in [0.717, 1.165) is 56.3 Å². The van der Waals surface area contributed by atoms with Crippen molar-refractivity contribution < 1.29 is 32.6 Å². The molecule has 0 radical (unpaired) electrons. The maximum Gasteiger partial charge on any atom is 0.410 e. The van der Waals surface area contributed by atoms with E-state index in [1.807, 2.05) is 20.8 Å². The van der Waals surface area contributed by atoms with Gasteiger partial charge in [-0.15, -0.1) is 0 Å². The van der Waals surface area contributed by atoms with Crippen molar-refractivity contribution in [2.75, 3.05) is 48.9 Å². The molecule has 3 fully saturated rings. The number of benzene rings is 1. The van der Waals surface area contributed by atoms with Crippen molar-refractivity contribution in [2.24, 2.45) is 5.41 Å². The first kappa shape index (κ1) is 33.7. The minimum absolute atomic E-state index is 0.0440. The first-order chi connectivity index (χ1) is 22.7. The highest BCUT2D eigenvalue weighted by Gasteiger charge is 2.49. The number of nitrogens with one attached hydrogen (secondary N) is 2. The molecule has 3 amide bonds. The Kier molecular flexibility index (Phi) is 8.88. The van der Waals surface area contributed by atoms with Crippen molar-refractivity contribution in [3.8, 4) is 5.75 Å². The molecule has 2 aliphatic heterocycles. The zero-order valence-electron chi connectivity index (χ0n) is 28.3. The van der Waals surface area contributed by atoms with Crippen LogP contribution in [-0.4, -0.2) is 90.2 Å². The van der Waals surface area contributed by atoms with Crippen molar-refractivity contribution >= 4 is 41.0 Å². The third-order valence-corrected chi connectivity index (χ3v) is 10.0. The predicted molar refractivity (Wildman–Crippen MR) is 176 cm³/mol. The molecule has 260 valence electrons. The zero-order chi connectivity index (χ0) is 34.4. The predicted octanol–water partition coefficient (Wildman–Crippen LogP) is 5.50. The van der Waals surface area contributed by atoms with Crippen LogP contribution in [0.25, 0.3) is 0 Å². The van der Waals surface area contributed by atoms with Crippen molar-refractivity contribution in [1.82, 2.24) is 20.2 Å². The summed E-state index contributed by atoms with van der Waals surface area (Å²) >= 11 is 0. The molecule has 3 heterocycles. The number of nitrogens with zero attached hydrogens (tertiary/aromatic N) is 5. The largest absolute Gasteiger partial charge is 0.495 e. The van der Waals surface area contributed by atoms with Crippen molar-refractivity contribution in [2.45, 2.75) is 95.7 Å². The van der Waals surface area contributed by atoms with Crippen LogP contribution in [0.5, 0.6) is 5.75 Å². The summed E-state index contributed by atoms with van der Waals surface area (Å²) in [6.07, 6.45) is 7.92. The molecule has 1 aromatic carbocycles. The van der Waals surface area contributed by atoms with E-state index in [9.17, 15) is 23.2 Å². The molecule has 6 rings (SSSR count). The number of methoxy groups -OCH3 is 1. The molecular weight excluding hydrogens is 624 g/mol. The van der Waals surface area contributed by atoms with Crippen LogP contribution in [0.15, 0.2) is 24.4 Å². The second-order valence-corrected chi connectivity index (χ2v) is 14.6. The summed E-state index contributed by atoms with van der Waals surface area (Å²) in [6.45, 7) is 6.14. The van der Waals surface area contributed by atoms with E-state index in [-0.39, 0.29) is 47.0 Å². The Bertz CT molecular complexity index is 1560. The fourth-order valence-electron chi connectivity index (χ4n) is 7.41. The molecule has 14 heteroatoms. The second kappa shape index (κ2) is 12.7. The average molecular weight is 670 g/mol. The number of alkyl halides is 2. The molecule has 2 saturated carbocycles. The SMILES string of the molecule is COc1cc(C(=O)NC2CC3(CCN(C(=O)OC(C)(C)C)CC3)C2)ccc1Nc1ncc2c(n1)N(C1CCCC1)CC(F)(F)C(=O)N2C. The number of anilines is 4. The molecule has 2 aromatic rings. The minimum Gasteiger partial charge on any atom is -0.495 e. The molecule has 4 aliphatic rings. The van der Waals surface area contributed by atoms with Gasteiger partial charge in [0.2, 0.25) is 5.95 Å². The maximum absolute atomic E-state index is 14.9. The molecular formula is C34H45F2N7O5. The standard InChI is InChI=1S/C34H45F2N7O5/c1-32(2,3)48-31(46)42-14-12-33(13-15-42)17-22(18-33)38-28(44)21-10-11-24(26(16-21)47-5)39-30-37-19-25-27(40-30)43(23-8-6-7-9-23)20-34(35,36)29(45)41(25)4/h10-11,16,19,22-23H,6-9,12-15,17-18,20H2,1-5H3,(H,38,44)(H,37,39,40). The smallest absolute Gasteiger partial charge is 0.410 e. The van der Waals surface area contributed by atoms with Gasteiger partial charge in [0.25, 0.3) is 11.8 Å². The monoisotopic (exact) mass is 669 g/mol. The lowest BCUT2D eigenvalue weighted by Gasteiger charge is -2.52. The van der Waals surface area contributed by atoms with Gasteiger partial charge in [-0.1, -0.05) is 12.8 Å². The van der Waals surface area contributed by atoms with Gasteiger partial charge in [0.15, 0.2) is 5.82 Å². The number of hydrogen-bond acceptors (Lipinski definition) is 9. The first-order valence-corrected chi connectivity index (χ1v) is 16.7. The Morgan fingerprint density at radius 3 is 2.42 bits per heavy atom. The van der Waals surface area contributed by atoms with Gasteiger partial charge in [0.05, 0.1) is 25.5 Å². The molecule has 0 unspecified atom stereocenters. The van der Waals surface area contributed by atoms with Crippen LogP contribution in [0.1, 0.15) is 82.5 Å². The van der Waals surface area contributed by atoms with Gasteiger partial charge in [-0.05, 0) is 82.9 Å². The second-order valence-electron chi connectivity index (χ2n) is 14.6. The molecule has 0 atom stereocenters. The fraction of sp³-hybridized carbons (Fsp3) is 0.618. The number of piperidine rings is 1. The molecule has 2 aliphatic carbocycles. The lowest BCUT2D eigenvalue weighted by molar-refractivity contribution is -0.140. The van der Waals surface area contributed by atoms with Crippen LogP contribution in [0.4, 0.5) is 36.7 Å². The zero-order valence-corrected chi connectivity index (χ0v) is 28.3. The Morgan fingerprint density at radius 2 is 1.77 bits per heavy atom. The van der Waals surface area contributed by atoms with Gasteiger partial charge in [-0.3, -0.25) is 9.59 Å². The highest BCUT2D eigenvalue weighted by molar-refractivity contribution is 6.02. The van der Waals surface area contributed by atoms with E-state index in [4.69, 9.17) is 9.47 Å². The third kappa shape index (κ3) is 6.84. The van der Waals surface area contributed by atoms with Crippen LogP contribution in [0.3, 0.4) is 0 Å². The molecule has 1 aromatic heterocycles. The van der Waals surface area contributed by atoms with Crippen LogP contribution in [0.2, 0.25) is 0 Å². The number of carbonyl (C=O) groups is 3. The van der Waals surface area contributed by atoms with Gasteiger partial charge >= 0.3 is 12.0 Å². The van der Waals surface area contributed by atoms with Crippen molar-refractivity contribution in [3.63, 3.8) is 0 Å². The summed E-state index contributed by atoms with van der Waals surface area (Å²) in [5.41, 5.74) is 0.740. The number of likely N-dealkylation sites (tertiary alicyclic amines) is 1. The Balaban J connectivity index is 1.10. The van der Waals surface area contributed by atoms with E-state index in [0.29, 0.717) is 30.1 Å². The highest BCUT2D eigenvalue weighted by Crippen LogP contribution is 2.49. The van der Waals surface area contributed by atoms with E-state index >= 15 is 0 Å². The molecule has 1 spiro atoms. The van der Waals surface area contributed by atoms with E-state index in [2.05, 4.69) is 20.6 Å². The molecule has 0 bridgehead atoms. The van der Waals surface area contributed by atoms with Crippen molar-refractivity contribution in [1.29, 1.82) is 0 Å². The van der Waals surface area contributed by atoms with Gasteiger partial charge in [0.1, 0.15) is 17.0 Å². The van der Waals surface area contributed by atoms with E-state index < -0.39 is 24.0 Å². The van der Waals surface area contributed by atoms with Crippen LogP contribution < -0.4 is 25.2 Å². The van der Waals surface area contributed by atoms with Gasteiger partial charge < -0.3 is 34.8 Å². The number of aromatic nitrogens is 2. The Hall–Kier alpha value is -4.23. The van der Waals surface area contributed by atoms with E-state index in [1.54, 1.807) is 28.0 Å². The molecule has 12 nitrogen and oxygen atoms in total. The summed E-state index contributed by atoms with van der Waals surface area (Å²) in [7, 11) is 2.80. The number of ether oxygens (including phenoxy) is 2. The summed E-state index contributed by atoms with van der Waals surface area (Å²) < 4.78 is 41.0. The maximum atomic E-state index is 14.9. The summed E-state index contributed by atoms with van der Waals surface area (Å²) in [4.78, 5) is 51.4. The number of fused-ring (bicyclic) bond motifs is 1. The van der Waals surface area contributed by atoms with Crippen LogP contribution in [-0.2, 0) is 9.53 Å². The summed E-state index contributed by atoms with van der Waals surface area (Å²) in [5.74, 6) is -4.26. The van der Waals surface area contributed by atoms with Crippen LogP contribution >= 0.6 is 0 Å². The van der Waals surface area contributed by atoms with Gasteiger partial charge in [-0.25, -0.2) is 9.78 Å². The van der Waals surface area contributed by atoms with Gasteiger partial charge in [0, 0.05) is 37.8 Å². The highest BCUT2D eigenvalue weighted by atomic mass is 19.3. The quantitative estimate of drug-likeness (QED) is 0.410. The summed E-state index contributed by atoms with van der Waals surface area (Å²) in [6, 6.07) is 4.89. The molecule has 1 saturated heterocycles. The Labute approximate surface area is 279 Å². The minimum atomic E-state index is -3.56. The first-order valence-electron chi connectivity index (χ1n) is 16.7. The number of rotatable bonds is 6. The molecule has 48 heavy (non-hydrogen) atoms. The normalized spacial score (nSPS) is 21.0. The molecule has 2 N–H and O–H groups in total. The average Bonchev–Trinajstić information content (AvgIpc) is 3.55. The number of carbonyl (C=O) groups excluding carboxylic acids is 3. The topological polar surface area (TPSA) is 129 Å². The number of amides is 3. The summed E-state index contributed by atoms with van der Waals surface area (Å²) in [5, 5.41) is 6.24. The van der Waals surface area contributed by atoms with Crippen molar-refractivity contribution in [3.05, 3.63) is 30.0 Å². The lowest BCUT2D eigenvalue weighted by Crippen LogP contribution is -2.55.